The van der Waals surface area contributed by atoms with Crippen LogP contribution in [0, 0.1) is 0 Å². The maximum absolute atomic E-state index is 12.7. The van der Waals surface area contributed by atoms with E-state index in [-0.39, 0.29) is 12.5 Å². The quantitative estimate of drug-likeness (QED) is 0.589. The van der Waals surface area contributed by atoms with E-state index in [4.69, 9.17) is 14.2 Å². The normalized spacial score (nSPS) is 10.7. The van der Waals surface area contributed by atoms with E-state index in [2.05, 4.69) is 15.3 Å². The molecule has 3 rings (SSSR count). The van der Waals surface area contributed by atoms with Gasteiger partial charge >= 0.3 is 0 Å². The van der Waals surface area contributed by atoms with Crippen molar-refractivity contribution in [2.24, 2.45) is 0 Å². The number of aromatic amines is 1. The highest BCUT2D eigenvalue weighted by molar-refractivity contribution is 5.95. The molecule has 0 fully saturated rings. The van der Waals surface area contributed by atoms with Crippen LogP contribution in [-0.2, 0) is 6.54 Å². The van der Waals surface area contributed by atoms with Gasteiger partial charge in [0.05, 0.1) is 37.4 Å². The second-order valence-corrected chi connectivity index (χ2v) is 5.98. The first-order chi connectivity index (χ1) is 13.7. The molecule has 0 bridgehead atoms. The molecule has 7 heteroatoms. The molecule has 3 aromatic rings. The molecule has 148 valence electrons. The topological polar surface area (TPSA) is 85.5 Å². The number of hydrogen-bond donors (Lipinski definition) is 2. The van der Waals surface area contributed by atoms with Crippen LogP contribution in [0.1, 0.15) is 37.0 Å². The summed E-state index contributed by atoms with van der Waals surface area (Å²) in [4.78, 5) is 20.4. The van der Waals surface area contributed by atoms with Crippen LogP contribution in [0.3, 0.4) is 0 Å². The Bertz CT molecular complexity index is 892. The molecule has 0 atom stereocenters. The summed E-state index contributed by atoms with van der Waals surface area (Å²) in [7, 11) is 0. The summed E-state index contributed by atoms with van der Waals surface area (Å²) in [6.07, 6.45) is 0. The number of imidazole rings is 1. The Labute approximate surface area is 164 Å². The average Bonchev–Trinajstić information content (AvgIpc) is 3.11. The number of aromatic nitrogens is 2. The minimum Gasteiger partial charge on any atom is -0.490 e. The second kappa shape index (κ2) is 9.12. The van der Waals surface area contributed by atoms with Gasteiger partial charge in [0, 0.05) is 5.56 Å². The van der Waals surface area contributed by atoms with E-state index in [1.54, 1.807) is 12.1 Å². The zero-order valence-electron chi connectivity index (χ0n) is 16.4. The molecule has 28 heavy (non-hydrogen) atoms. The highest BCUT2D eigenvalue weighted by Crippen LogP contribution is 2.39. The highest BCUT2D eigenvalue weighted by atomic mass is 16.5. The van der Waals surface area contributed by atoms with Crippen LogP contribution in [0.4, 0.5) is 0 Å². The first-order valence-electron chi connectivity index (χ1n) is 9.44. The number of rotatable bonds is 9. The lowest BCUT2D eigenvalue weighted by molar-refractivity contribution is 0.0949. The van der Waals surface area contributed by atoms with E-state index in [0.717, 1.165) is 11.0 Å². The van der Waals surface area contributed by atoms with Crippen LogP contribution in [0.25, 0.3) is 11.0 Å². The minimum atomic E-state index is -0.245. The molecule has 1 amide bonds. The Balaban J connectivity index is 1.81. The predicted molar refractivity (Wildman–Crippen MR) is 107 cm³/mol. The fourth-order valence-electron chi connectivity index (χ4n) is 2.88. The van der Waals surface area contributed by atoms with Gasteiger partial charge in [-0.25, -0.2) is 4.98 Å². The highest BCUT2D eigenvalue weighted by Gasteiger charge is 2.18. The average molecular weight is 383 g/mol. The third-order valence-corrected chi connectivity index (χ3v) is 4.03. The van der Waals surface area contributed by atoms with Crippen molar-refractivity contribution >= 4 is 16.9 Å². The van der Waals surface area contributed by atoms with Gasteiger partial charge in [0.15, 0.2) is 11.5 Å². The van der Waals surface area contributed by atoms with E-state index < -0.39 is 0 Å². The van der Waals surface area contributed by atoms with E-state index >= 15 is 0 Å². The van der Waals surface area contributed by atoms with Gasteiger partial charge in [0.25, 0.3) is 5.91 Å². The number of hydrogen-bond acceptors (Lipinski definition) is 5. The van der Waals surface area contributed by atoms with E-state index in [1.165, 1.54) is 0 Å². The van der Waals surface area contributed by atoms with Crippen molar-refractivity contribution in [3.05, 3.63) is 47.8 Å². The van der Waals surface area contributed by atoms with Gasteiger partial charge in [0.1, 0.15) is 5.82 Å². The number of ether oxygens (including phenoxy) is 3. The van der Waals surface area contributed by atoms with E-state index in [0.29, 0.717) is 48.5 Å². The summed E-state index contributed by atoms with van der Waals surface area (Å²) in [6, 6.07) is 11.1. The summed E-state index contributed by atoms with van der Waals surface area (Å²) < 4.78 is 17.0. The minimum absolute atomic E-state index is 0.245. The van der Waals surface area contributed by atoms with Crippen LogP contribution >= 0.6 is 0 Å². The van der Waals surface area contributed by atoms with Gasteiger partial charge in [-0.2, -0.15) is 0 Å². The van der Waals surface area contributed by atoms with Crippen molar-refractivity contribution in [1.82, 2.24) is 15.3 Å². The van der Waals surface area contributed by atoms with Crippen LogP contribution in [0.5, 0.6) is 17.2 Å². The largest absolute Gasteiger partial charge is 0.490 e. The molecule has 7 nitrogen and oxygen atoms in total. The number of para-hydroxylation sites is 2. The molecule has 0 spiro atoms. The number of carbonyl (C=O) groups excluding carboxylic acids is 1. The molecule has 1 aromatic heterocycles. The lowest BCUT2D eigenvalue weighted by atomic mass is 10.1. The van der Waals surface area contributed by atoms with Gasteiger partial charge in [-0.05, 0) is 45.0 Å². The molecule has 0 saturated carbocycles. The summed E-state index contributed by atoms with van der Waals surface area (Å²) in [5.74, 6) is 1.94. The first kappa shape index (κ1) is 19.5. The van der Waals surface area contributed by atoms with Gasteiger partial charge in [0.2, 0.25) is 5.75 Å². The summed E-state index contributed by atoms with van der Waals surface area (Å²) in [5.41, 5.74) is 2.24. The van der Waals surface area contributed by atoms with Crippen molar-refractivity contribution < 1.29 is 19.0 Å². The lowest BCUT2D eigenvalue weighted by Gasteiger charge is -2.17. The standard InChI is InChI=1S/C21H25N3O4/c1-4-26-17-11-14(12-18(27-5-2)20(17)28-6-3)21(25)22-13-19-23-15-9-7-8-10-16(15)24-19/h7-12H,4-6,13H2,1-3H3,(H,22,25)(H,23,24). The fourth-order valence-corrected chi connectivity index (χ4v) is 2.88. The molecule has 0 aliphatic rings. The van der Waals surface area contributed by atoms with Crippen LogP contribution < -0.4 is 19.5 Å². The molecule has 0 saturated heterocycles. The zero-order chi connectivity index (χ0) is 19.9. The number of nitrogens with zero attached hydrogens (tertiary/aromatic N) is 1. The fraction of sp³-hybridized carbons (Fsp3) is 0.333. The SMILES string of the molecule is CCOc1cc(C(=O)NCc2nc3ccccc3[nH]2)cc(OCC)c1OCC. The summed E-state index contributed by atoms with van der Waals surface area (Å²) >= 11 is 0. The molecule has 0 aliphatic heterocycles. The monoisotopic (exact) mass is 383 g/mol. The van der Waals surface area contributed by atoms with E-state index in [1.807, 2.05) is 45.0 Å². The van der Waals surface area contributed by atoms with Crippen molar-refractivity contribution in [2.45, 2.75) is 27.3 Å². The Hall–Kier alpha value is -3.22. The number of carbonyl (C=O) groups is 1. The number of amides is 1. The van der Waals surface area contributed by atoms with Crippen LogP contribution in [-0.4, -0.2) is 35.7 Å². The molecule has 1 heterocycles. The maximum Gasteiger partial charge on any atom is 0.251 e. The third kappa shape index (κ3) is 4.36. The van der Waals surface area contributed by atoms with Crippen molar-refractivity contribution in [3.8, 4) is 17.2 Å². The summed E-state index contributed by atoms with van der Waals surface area (Å²) in [6.45, 7) is 7.31. The molecule has 0 radical (unpaired) electrons. The second-order valence-electron chi connectivity index (χ2n) is 5.98. The van der Waals surface area contributed by atoms with Crippen molar-refractivity contribution in [2.75, 3.05) is 19.8 Å². The van der Waals surface area contributed by atoms with Crippen molar-refractivity contribution in [1.29, 1.82) is 0 Å². The van der Waals surface area contributed by atoms with Gasteiger partial charge in [-0.3, -0.25) is 4.79 Å². The number of fused-ring (bicyclic) bond motifs is 1. The zero-order valence-corrected chi connectivity index (χ0v) is 16.4. The van der Waals surface area contributed by atoms with Gasteiger partial charge in [-0.1, -0.05) is 12.1 Å². The van der Waals surface area contributed by atoms with Gasteiger partial charge in [-0.15, -0.1) is 0 Å². The maximum atomic E-state index is 12.7. The first-order valence-corrected chi connectivity index (χ1v) is 9.44. The Kier molecular flexibility index (Phi) is 6.37. The van der Waals surface area contributed by atoms with Crippen LogP contribution in [0.2, 0.25) is 0 Å². The number of nitrogens with one attached hydrogen (secondary N) is 2. The molecular weight excluding hydrogens is 358 g/mol. The van der Waals surface area contributed by atoms with Crippen molar-refractivity contribution in [3.63, 3.8) is 0 Å². The Morgan fingerprint density at radius 3 is 2.25 bits per heavy atom. The smallest absolute Gasteiger partial charge is 0.251 e. The van der Waals surface area contributed by atoms with Crippen LogP contribution in [0.15, 0.2) is 36.4 Å². The number of H-pyrrole nitrogens is 1. The molecular formula is C21H25N3O4. The Morgan fingerprint density at radius 2 is 1.64 bits per heavy atom. The molecule has 2 aromatic carbocycles. The number of benzene rings is 2. The molecule has 0 aliphatic carbocycles. The summed E-state index contributed by atoms with van der Waals surface area (Å²) in [5, 5.41) is 2.88. The van der Waals surface area contributed by atoms with Gasteiger partial charge < -0.3 is 24.5 Å². The third-order valence-electron chi connectivity index (χ3n) is 4.03. The molecule has 2 N–H and O–H groups in total. The lowest BCUT2D eigenvalue weighted by Crippen LogP contribution is -2.23. The Morgan fingerprint density at radius 1 is 1.00 bits per heavy atom. The van der Waals surface area contributed by atoms with E-state index in [9.17, 15) is 4.79 Å². The molecule has 0 unspecified atom stereocenters. The predicted octanol–water partition coefficient (Wildman–Crippen LogP) is 3.69.